The number of hydrogen-bond donors (Lipinski definition) is 1. The Morgan fingerprint density at radius 2 is 1.80 bits per heavy atom. The van der Waals surface area contributed by atoms with Crippen LogP contribution in [0.4, 0.5) is 0 Å². The van der Waals surface area contributed by atoms with Crippen molar-refractivity contribution in [3.8, 4) is 0 Å². The molecule has 1 heterocycles. The fourth-order valence-corrected chi connectivity index (χ4v) is 2.46. The number of aryl methyl sites for hydroxylation is 1. The molecule has 0 aliphatic rings. The summed E-state index contributed by atoms with van der Waals surface area (Å²) in [5.74, 6) is 0. The predicted molar refractivity (Wildman–Crippen MR) is 77.0 cm³/mol. The van der Waals surface area contributed by atoms with E-state index in [-0.39, 0.29) is 4.90 Å². The third-order valence-corrected chi connectivity index (χ3v) is 3.58. The zero-order chi connectivity index (χ0) is 14.6. The summed E-state index contributed by atoms with van der Waals surface area (Å²) in [6.45, 7) is 0. The van der Waals surface area contributed by atoms with Crippen LogP contribution in [-0.4, -0.2) is 22.5 Å². The molecule has 0 saturated heterocycles. The molecular formula is C14H14N2O3S. The van der Waals surface area contributed by atoms with Crippen LogP contribution in [0.3, 0.4) is 0 Å². The lowest BCUT2D eigenvalue weighted by atomic mass is 10.1. The smallest absolute Gasteiger partial charge is 0.295 e. The molecule has 0 fully saturated rings. The lowest BCUT2D eigenvalue weighted by Crippen LogP contribution is -1.98. The number of fused-ring (bicyclic) bond motifs is 1. The molecule has 5 nitrogen and oxygen atoms in total. The van der Waals surface area contributed by atoms with Gasteiger partial charge in [0, 0.05) is 24.8 Å². The minimum Gasteiger partial charge on any atom is -0.341 e. The number of imidazole rings is 1. The third kappa shape index (κ3) is 3.43. The SMILES string of the molecule is Cn1ccnc1.O=S(=O)(O)c1cccc2ccccc12. The summed E-state index contributed by atoms with van der Waals surface area (Å²) in [4.78, 5) is 3.74. The second kappa shape index (κ2) is 5.85. The van der Waals surface area contributed by atoms with Crippen molar-refractivity contribution in [3.05, 3.63) is 61.2 Å². The molecule has 0 bridgehead atoms. The number of hydrogen-bond acceptors (Lipinski definition) is 3. The first-order valence-corrected chi connectivity index (χ1v) is 7.29. The van der Waals surface area contributed by atoms with E-state index in [4.69, 9.17) is 4.55 Å². The summed E-state index contributed by atoms with van der Waals surface area (Å²) in [5, 5.41) is 1.33. The van der Waals surface area contributed by atoms with E-state index in [2.05, 4.69) is 4.98 Å². The highest BCUT2D eigenvalue weighted by Gasteiger charge is 2.12. The van der Waals surface area contributed by atoms with E-state index in [1.807, 2.05) is 23.9 Å². The van der Waals surface area contributed by atoms with Crippen molar-refractivity contribution in [2.24, 2.45) is 7.05 Å². The molecule has 0 unspecified atom stereocenters. The fourth-order valence-electron chi connectivity index (χ4n) is 1.75. The quantitative estimate of drug-likeness (QED) is 0.699. The fraction of sp³-hybridized carbons (Fsp3) is 0.0714. The molecule has 0 radical (unpaired) electrons. The van der Waals surface area contributed by atoms with Gasteiger partial charge in [-0.2, -0.15) is 8.42 Å². The van der Waals surface area contributed by atoms with Crippen molar-refractivity contribution in [1.82, 2.24) is 9.55 Å². The van der Waals surface area contributed by atoms with E-state index in [9.17, 15) is 8.42 Å². The minimum atomic E-state index is -4.13. The van der Waals surface area contributed by atoms with Gasteiger partial charge in [0.15, 0.2) is 0 Å². The van der Waals surface area contributed by atoms with Crippen LogP contribution in [0.1, 0.15) is 0 Å². The Morgan fingerprint density at radius 3 is 2.35 bits per heavy atom. The predicted octanol–water partition coefficient (Wildman–Crippen LogP) is 2.51. The van der Waals surface area contributed by atoms with Crippen molar-refractivity contribution in [1.29, 1.82) is 0 Å². The monoisotopic (exact) mass is 290 g/mol. The van der Waals surface area contributed by atoms with Gasteiger partial charge in [-0.05, 0) is 11.5 Å². The number of aromatic nitrogens is 2. The van der Waals surface area contributed by atoms with Gasteiger partial charge in [0.25, 0.3) is 10.1 Å². The van der Waals surface area contributed by atoms with Crippen LogP contribution in [0.5, 0.6) is 0 Å². The molecule has 0 aliphatic heterocycles. The Morgan fingerprint density at radius 1 is 1.10 bits per heavy atom. The lowest BCUT2D eigenvalue weighted by molar-refractivity contribution is 0.484. The van der Waals surface area contributed by atoms with Crippen molar-refractivity contribution in [2.45, 2.75) is 4.90 Å². The molecule has 0 saturated carbocycles. The van der Waals surface area contributed by atoms with Gasteiger partial charge < -0.3 is 4.57 Å². The Hall–Kier alpha value is -2.18. The zero-order valence-corrected chi connectivity index (χ0v) is 11.7. The van der Waals surface area contributed by atoms with E-state index >= 15 is 0 Å². The molecule has 3 rings (SSSR count). The van der Waals surface area contributed by atoms with Gasteiger partial charge in [-0.3, -0.25) is 4.55 Å². The first-order chi connectivity index (χ1) is 9.48. The van der Waals surface area contributed by atoms with Crippen LogP contribution in [0, 0.1) is 0 Å². The second-order valence-corrected chi connectivity index (χ2v) is 5.57. The molecular weight excluding hydrogens is 276 g/mol. The molecule has 0 atom stereocenters. The van der Waals surface area contributed by atoms with Crippen LogP contribution in [0.2, 0.25) is 0 Å². The van der Waals surface area contributed by atoms with Gasteiger partial charge in [-0.25, -0.2) is 4.98 Å². The largest absolute Gasteiger partial charge is 0.341 e. The molecule has 1 N–H and O–H groups in total. The van der Waals surface area contributed by atoms with Gasteiger partial charge in [0.2, 0.25) is 0 Å². The normalized spacial score (nSPS) is 10.9. The van der Waals surface area contributed by atoms with Crippen molar-refractivity contribution < 1.29 is 13.0 Å². The van der Waals surface area contributed by atoms with Crippen LogP contribution >= 0.6 is 0 Å². The average Bonchev–Trinajstić information content (AvgIpc) is 2.89. The summed E-state index contributed by atoms with van der Waals surface area (Å²) < 4.78 is 32.9. The topological polar surface area (TPSA) is 72.2 Å². The van der Waals surface area contributed by atoms with Crippen LogP contribution in [0.15, 0.2) is 66.1 Å². The third-order valence-electron chi connectivity index (χ3n) is 2.66. The van der Waals surface area contributed by atoms with Gasteiger partial charge in [-0.15, -0.1) is 0 Å². The van der Waals surface area contributed by atoms with Crippen molar-refractivity contribution in [3.63, 3.8) is 0 Å². The summed E-state index contributed by atoms with van der Waals surface area (Å²) in [5.41, 5.74) is 0. The summed E-state index contributed by atoms with van der Waals surface area (Å²) in [7, 11) is -2.19. The second-order valence-electron chi connectivity index (χ2n) is 4.18. The molecule has 104 valence electrons. The number of nitrogens with zero attached hydrogens (tertiary/aromatic N) is 2. The molecule has 1 aromatic heterocycles. The first kappa shape index (κ1) is 14.2. The highest BCUT2D eigenvalue weighted by Crippen LogP contribution is 2.21. The molecule has 6 heteroatoms. The lowest BCUT2D eigenvalue weighted by Gasteiger charge is -2.02. The Kier molecular flexibility index (Phi) is 4.16. The molecule has 20 heavy (non-hydrogen) atoms. The summed E-state index contributed by atoms with van der Waals surface area (Å²) >= 11 is 0. The Bertz CT molecular complexity index is 791. The van der Waals surface area contributed by atoms with Gasteiger partial charge >= 0.3 is 0 Å². The highest BCUT2D eigenvalue weighted by atomic mass is 32.2. The molecule has 2 aromatic carbocycles. The summed E-state index contributed by atoms with van der Waals surface area (Å²) in [6.07, 6.45) is 5.39. The van der Waals surface area contributed by atoms with Gasteiger partial charge in [0.1, 0.15) is 4.90 Å². The van der Waals surface area contributed by atoms with Crippen LogP contribution in [-0.2, 0) is 17.2 Å². The number of benzene rings is 2. The standard InChI is InChI=1S/C10H8O3S.C4H6N2/c11-14(12,13)10-7-3-5-8-4-1-2-6-9(8)10;1-6-3-2-5-4-6/h1-7H,(H,11,12,13);2-4H,1H3. The molecule has 3 aromatic rings. The molecule has 0 amide bonds. The first-order valence-electron chi connectivity index (χ1n) is 5.85. The molecule has 0 spiro atoms. The van der Waals surface area contributed by atoms with Crippen molar-refractivity contribution >= 4 is 20.9 Å². The Balaban J connectivity index is 0.000000205. The van der Waals surface area contributed by atoms with E-state index in [0.29, 0.717) is 5.39 Å². The maximum atomic E-state index is 11.0. The zero-order valence-electron chi connectivity index (χ0n) is 10.8. The number of rotatable bonds is 1. The maximum Gasteiger partial charge on any atom is 0.295 e. The molecule has 0 aliphatic carbocycles. The van der Waals surface area contributed by atoms with Gasteiger partial charge in [0.05, 0.1) is 6.33 Å². The summed E-state index contributed by atoms with van der Waals surface area (Å²) in [6, 6.07) is 11.8. The maximum absolute atomic E-state index is 11.0. The minimum absolute atomic E-state index is 0.0457. The highest BCUT2D eigenvalue weighted by molar-refractivity contribution is 7.86. The van der Waals surface area contributed by atoms with E-state index in [1.165, 1.54) is 6.07 Å². The van der Waals surface area contributed by atoms with Crippen LogP contribution in [0.25, 0.3) is 10.8 Å². The van der Waals surface area contributed by atoms with E-state index in [0.717, 1.165) is 5.39 Å². The average molecular weight is 290 g/mol. The van der Waals surface area contributed by atoms with E-state index in [1.54, 1.807) is 42.9 Å². The van der Waals surface area contributed by atoms with Crippen LogP contribution < -0.4 is 0 Å². The van der Waals surface area contributed by atoms with E-state index < -0.39 is 10.1 Å². The van der Waals surface area contributed by atoms with Crippen molar-refractivity contribution in [2.75, 3.05) is 0 Å². The van der Waals surface area contributed by atoms with Gasteiger partial charge in [-0.1, -0.05) is 36.4 Å². The Labute approximate surface area is 117 Å².